The third kappa shape index (κ3) is 2.85. The van der Waals surface area contributed by atoms with Crippen LogP contribution in [0, 0.1) is 0 Å². The average Bonchev–Trinajstić information content (AvgIpc) is 2.93. The molecule has 0 bridgehead atoms. The second kappa shape index (κ2) is 5.24. The highest BCUT2D eigenvalue weighted by Crippen LogP contribution is 2.28. The van der Waals surface area contributed by atoms with E-state index in [1.165, 1.54) is 5.56 Å². The standard InChI is InChI=1S/C18H19NOS/c1-18(2,3)14-6-4-12(5-7-14)17(20)13-10-16-15(19-11-13)8-9-21-16/h4-11,17,20H,1-3H3. The highest BCUT2D eigenvalue weighted by molar-refractivity contribution is 7.17. The fraction of sp³-hybridized carbons (Fsp3) is 0.278. The molecule has 0 amide bonds. The summed E-state index contributed by atoms with van der Waals surface area (Å²) in [6, 6.07) is 12.2. The van der Waals surface area contributed by atoms with Crippen LogP contribution in [0.25, 0.3) is 10.2 Å². The summed E-state index contributed by atoms with van der Waals surface area (Å²) in [5, 5.41) is 12.6. The Labute approximate surface area is 129 Å². The van der Waals surface area contributed by atoms with E-state index in [2.05, 4.69) is 37.9 Å². The molecular weight excluding hydrogens is 278 g/mol. The normalized spacial score (nSPS) is 13.5. The van der Waals surface area contributed by atoms with Crippen molar-refractivity contribution < 1.29 is 5.11 Å². The highest BCUT2D eigenvalue weighted by atomic mass is 32.1. The number of pyridine rings is 1. The van der Waals surface area contributed by atoms with Crippen molar-refractivity contribution >= 4 is 21.6 Å². The number of fused-ring (bicyclic) bond motifs is 1. The van der Waals surface area contributed by atoms with Crippen molar-refractivity contribution in [3.63, 3.8) is 0 Å². The van der Waals surface area contributed by atoms with Crippen LogP contribution in [0.1, 0.15) is 43.6 Å². The molecule has 1 aromatic carbocycles. The Bertz CT molecular complexity index is 753. The number of aromatic nitrogens is 1. The Balaban J connectivity index is 1.92. The van der Waals surface area contributed by atoms with Crippen molar-refractivity contribution in [1.82, 2.24) is 4.98 Å². The van der Waals surface area contributed by atoms with Crippen molar-refractivity contribution in [3.05, 3.63) is 64.7 Å². The summed E-state index contributed by atoms with van der Waals surface area (Å²) in [6.45, 7) is 6.56. The van der Waals surface area contributed by atoms with Crippen molar-refractivity contribution in [3.8, 4) is 0 Å². The van der Waals surface area contributed by atoms with Crippen molar-refractivity contribution in [2.45, 2.75) is 32.3 Å². The van der Waals surface area contributed by atoms with Crippen LogP contribution in [0.15, 0.2) is 48.0 Å². The first-order chi connectivity index (χ1) is 9.95. The molecule has 108 valence electrons. The largest absolute Gasteiger partial charge is 0.384 e. The predicted molar refractivity (Wildman–Crippen MR) is 88.8 cm³/mol. The van der Waals surface area contributed by atoms with Crippen LogP contribution < -0.4 is 0 Å². The minimum absolute atomic E-state index is 0.126. The van der Waals surface area contributed by atoms with Gasteiger partial charge in [0.15, 0.2) is 0 Å². The van der Waals surface area contributed by atoms with Gasteiger partial charge < -0.3 is 5.11 Å². The van der Waals surface area contributed by atoms with Gasteiger partial charge in [0.25, 0.3) is 0 Å². The van der Waals surface area contributed by atoms with Crippen LogP contribution in [0.4, 0.5) is 0 Å². The first kappa shape index (κ1) is 14.2. The molecule has 2 heterocycles. The van der Waals surface area contributed by atoms with Gasteiger partial charge >= 0.3 is 0 Å². The third-order valence-corrected chi connectivity index (χ3v) is 4.59. The lowest BCUT2D eigenvalue weighted by atomic mass is 9.86. The van der Waals surface area contributed by atoms with Crippen LogP contribution >= 0.6 is 11.3 Å². The SMILES string of the molecule is CC(C)(C)c1ccc(C(O)c2cnc3ccsc3c2)cc1. The molecule has 0 aliphatic carbocycles. The van der Waals surface area contributed by atoms with Crippen LogP contribution in [-0.4, -0.2) is 10.1 Å². The number of aliphatic hydroxyl groups excluding tert-OH is 1. The molecule has 0 aliphatic rings. The quantitative estimate of drug-likeness (QED) is 0.745. The van der Waals surface area contributed by atoms with Crippen LogP contribution in [0.2, 0.25) is 0 Å². The van der Waals surface area contributed by atoms with Gasteiger partial charge in [0.05, 0.1) is 10.2 Å². The minimum atomic E-state index is -0.627. The zero-order chi connectivity index (χ0) is 15.0. The molecule has 0 radical (unpaired) electrons. The van der Waals surface area contributed by atoms with Crippen LogP contribution in [-0.2, 0) is 5.41 Å². The first-order valence-corrected chi connectivity index (χ1v) is 7.95. The Hall–Kier alpha value is -1.71. The van der Waals surface area contributed by atoms with E-state index in [-0.39, 0.29) is 5.41 Å². The first-order valence-electron chi connectivity index (χ1n) is 7.07. The molecule has 0 fully saturated rings. The summed E-state index contributed by atoms with van der Waals surface area (Å²) in [7, 11) is 0. The number of aliphatic hydroxyl groups is 1. The van der Waals surface area contributed by atoms with E-state index in [0.29, 0.717) is 0 Å². The van der Waals surface area contributed by atoms with E-state index in [0.717, 1.165) is 21.3 Å². The predicted octanol–water partition coefficient (Wildman–Crippen LogP) is 4.68. The molecule has 0 saturated carbocycles. The molecule has 1 atom stereocenters. The van der Waals surface area contributed by atoms with Gasteiger partial charge in [-0.2, -0.15) is 0 Å². The molecule has 0 spiro atoms. The Morgan fingerprint density at radius 3 is 2.43 bits per heavy atom. The average molecular weight is 297 g/mol. The number of hydrogen-bond acceptors (Lipinski definition) is 3. The fourth-order valence-corrected chi connectivity index (χ4v) is 3.16. The maximum atomic E-state index is 10.5. The second-order valence-electron chi connectivity index (χ2n) is 6.35. The summed E-state index contributed by atoms with van der Waals surface area (Å²) in [6.07, 6.45) is 1.13. The molecule has 0 aliphatic heterocycles. The number of nitrogens with zero attached hydrogens (tertiary/aromatic N) is 1. The van der Waals surface area contributed by atoms with Gasteiger partial charge in [0.2, 0.25) is 0 Å². The zero-order valence-electron chi connectivity index (χ0n) is 12.5. The van der Waals surface area contributed by atoms with Gasteiger partial charge in [-0.25, -0.2) is 0 Å². The van der Waals surface area contributed by atoms with Gasteiger partial charge in [0.1, 0.15) is 6.10 Å². The smallest absolute Gasteiger partial charge is 0.106 e. The van der Waals surface area contributed by atoms with Gasteiger partial charge in [-0.15, -0.1) is 11.3 Å². The Morgan fingerprint density at radius 1 is 1.05 bits per heavy atom. The number of benzene rings is 1. The molecule has 2 nitrogen and oxygen atoms in total. The third-order valence-electron chi connectivity index (χ3n) is 3.73. The highest BCUT2D eigenvalue weighted by Gasteiger charge is 2.16. The Morgan fingerprint density at radius 2 is 1.76 bits per heavy atom. The summed E-state index contributed by atoms with van der Waals surface area (Å²) < 4.78 is 1.11. The summed E-state index contributed by atoms with van der Waals surface area (Å²) in [4.78, 5) is 4.39. The lowest BCUT2D eigenvalue weighted by Crippen LogP contribution is -2.11. The van der Waals surface area contributed by atoms with Gasteiger partial charge in [-0.1, -0.05) is 45.0 Å². The molecule has 2 aromatic heterocycles. The summed E-state index contributed by atoms with van der Waals surface area (Å²) >= 11 is 1.65. The van der Waals surface area contributed by atoms with Gasteiger partial charge in [-0.05, 0) is 34.1 Å². The number of hydrogen-bond donors (Lipinski definition) is 1. The van der Waals surface area contributed by atoms with E-state index in [1.54, 1.807) is 17.5 Å². The maximum absolute atomic E-state index is 10.5. The molecule has 1 unspecified atom stereocenters. The molecule has 21 heavy (non-hydrogen) atoms. The minimum Gasteiger partial charge on any atom is -0.384 e. The molecule has 3 aromatic rings. The Kier molecular flexibility index (Phi) is 3.56. The lowest BCUT2D eigenvalue weighted by Gasteiger charge is -2.20. The van der Waals surface area contributed by atoms with E-state index in [1.807, 2.05) is 29.6 Å². The van der Waals surface area contributed by atoms with Crippen molar-refractivity contribution in [1.29, 1.82) is 0 Å². The topological polar surface area (TPSA) is 33.1 Å². The van der Waals surface area contributed by atoms with E-state index in [9.17, 15) is 5.11 Å². The van der Waals surface area contributed by atoms with Crippen molar-refractivity contribution in [2.24, 2.45) is 0 Å². The fourth-order valence-electron chi connectivity index (χ4n) is 2.37. The molecule has 1 N–H and O–H groups in total. The van der Waals surface area contributed by atoms with E-state index in [4.69, 9.17) is 0 Å². The summed E-state index contributed by atoms with van der Waals surface area (Å²) in [5.74, 6) is 0. The monoisotopic (exact) mass is 297 g/mol. The van der Waals surface area contributed by atoms with Gasteiger partial charge in [0, 0.05) is 11.8 Å². The zero-order valence-corrected chi connectivity index (χ0v) is 13.3. The van der Waals surface area contributed by atoms with Crippen molar-refractivity contribution in [2.75, 3.05) is 0 Å². The maximum Gasteiger partial charge on any atom is 0.106 e. The molecular formula is C18H19NOS. The van der Waals surface area contributed by atoms with Crippen LogP contribution in [0.5, 0.6) is 0 Å². The van der Waals surface area contributed by atoms with E-state index >= 15 is 0 Å². The number of thiophene rings is 1. The van der Waals surface area contributed by atoms with Crippen LogP contribution in [0.3, 0.4) is 0 Å². The van der Waals surface area contributed by atoms with E-state index < -0.39 is 6.10 Å². The lowest BCUT2D eigenvalue weighted by molar-refractivity contribution is 0.220. The van der Waals surface area contributed by atoms with Gasteiger partial charge in [-0.3, -0.25) is 4.98 Å². The number of rotatable bonds is 2. The molecule has 3 rings (SSSR count). The molecule has 3 heteroatoms. The second-order valence-corrected chi connectivity index (χ2v) is 7.29. The summed E-state index contributed by atoms with van der Waals surface area (Å²) in [5.41, 5.74) is 4.12. The molecule has 0 saturated heterocycles.